The number of rotatable bonds is 8. The summed E-state index contributed by atoms with van der Waals surface area (Å²) in [5.41, 5.74) is -0.0307. The van der Waals surface area contributed by atoms with Crippen molar-refractivity contribution in [1.29, 1.82) is 0 Å². The lowest BCUT2D eigenvalue weighted by atomic mass is 10.2. The van der Waals surface area contributed by atoms with E-state index in [4.69, 9.17) is 10.2 Å². The molecule has 0 fully saturated rings. The molecule has 0 saturated heterocycles. The number of aromatic amines is 1. The van der Waals surface area contributed by atoms with Crippen molar-refractivity contribution in [2.45, 2.75) is 0 Å². The van der Waals surface area contributed by atoms with Gasteiger partial charge in [-0.15, -0.1) is 0 Å². The minimum Gasteiger partial charge on any atom is -0.395 e. The van der Waals surface area contributed by atoms with E-state index < -0.39 is 4.92 Å². The minimum absolute atomic E-state index is 0.0151. The lowest BCUT2D eigenvalue weighted by molar-refractivity contribution is -0.384. The Bertz CT molecular complexity index is 411. The lowest BCUT2D eigenvalue weighted by Crippen LogP contribution is -2.34. The fraction of sp³-hybridized carbons (Fsp3) is 0.500. The molecule has 8 nitrogen and oxygen atoms in total. The predicted molar refractivity (Wildman–Crippen MR) is 62.4 cm³/mol. The molecule has 18 heavy (non-hydrogen) atoms. The van der Waals surface area contributed by atoms with Gasteiger partial charge in [0.1, 0.15) is 0 Å². The number of Topliss-reactive ketones (excluding diaryl/α,β-unsaturated/α-hetero) is 1. The number of nitro groups is 1. The van der Waals surface area contributed by atoms with Gasteiger partial charge in [0.25, 0.3) is 5.69 Å². The number of ketones is 1. The van der Waals surface area contributed by atoms with Gasteiger partial charge in [-0.2, -0.15) is 0 Å². The van der Waals surface area contributed by atoms with Gasteiger partial charge in [0.15, 0.2) is 5.78 Å². The SMILES string of the molecule is O=C(CN(CCO)CCO)c1cc([N+](=O)[O-])c[nH]1. The van der Waals surface area contributed by atoms with Gasteiger partial charge in [-0.3, -0.25) is 19.8 Å². The second-order valence-electron chi connectivity index (χ2n) is 3.68. The van der Waals surface area contributed by atoms with Crippen LogP contribution in [0.15, 0.2) is 12.3 Å². The maximum Gasteiger partial charge on any atom is 0.287 e. The molecule has 0 atom stereocenters. The molecule has 0 aliphatic carbocycles. The molecule has 1 aromatic rings. The van der Waals surface area contributed by atoms with Gasteiger partial charge in [-0.1, -0.05) is 0 Å². The van der Waals surface area contributed by atoms with E-state index in [2.05, 4.69) is 4.98 Å². The van der Waals surface area contributed by atoms with Crippen LogP contribution in [0.25, 0.3) is 0 Å². The average Bonchev–Trinajstić information content (AvgIpc) is 2.79. The molecule has 0 radical (unpaired) electrons. The normalized spacial score (nSPS) is 10.8. The molecular weight excluding hydrogens is 242 g/mol. The van der Waals surface area contributed by atoms with Crippen LogP contribution in [0, 0.1) is 10.1 Å². The average molecular weight is 257 g/mol. The maximum atomic E-state index is 11.8. The molecule has 100 valence electrons. The lowest BCUT2D eigenvalue weighted by Gasteiger charge is -2.18. The summed E-state index contributed by atoms with van der Waals surface area (Å²) in [6, 6.07) is 1.17. The summed E-state index contributed by atoms with van der Waals surface area (Å²) in [7, 11) is 0. The van der Waals surface area contributed by atoms with Crippen LogP contribution in [-0.4, -0.2) is 63.7 Å². The largest absolute Gasteiger partial charge is 0.395 e. The molecule has 0 bridgehead atoms. The standard InChI is InChI=1S/C10H15N3O5/c14-3-1-12(2-4-15)7-10(16)9-5-8(6-11-9)13(17)18/h5-6,11,14-15H,1-4,7H2. The Morgan fingerprint density at radius 1 is 1.39 bits per heavy atom. The summed E-state index contributed by atoms with van der Waals surface area (Å²) >= 11 is 0. The van der Waals surface area contributed by atoms with Crippen LogP contribution in [0.4, 0.5) is 5.69 Å². The summed E-state index contributed by atoms with van der Waals surface area (Å²) in [5.74, 6) is -0.329. The molecule has 0 aromatic carbocycles. The van der Waals surface area contributed by atoms with E-state index in [0.29, 0.717) is 0 Å². The molecule has 0 amide bonds. The number of hydrogen-bond donors (Lipinski definition) is 3. The number of hydrogen-bond acceptors (Lipinski definition) is 6. The number of aliphatic hydroxyl groups is 2. The highest BCUT2D eigenvalue weighted by Crippen LogP contribution is 2.12. The highest BCUT2D eigenvalue weighted by atomic mass is 16.6. The van der Waals surface area contributed by atoms with Gasteiger partial charge in [-0.25, -0.2) is 0 Å². The Hall–Kier alpha value is -1.77. The van der Waals surface area contributed by atoms with Gasteiger partial charge < -0.3 is 15.2 Å². The first-order valence-electron chi connectivity index (χ1n) is 5.38. The maximum absolute atomic E-state index is 11.8. The number of aliphatic hydroxyl groups excluding tert-OH is 2. The van der Waals surface area contributed by atoms with Crippen molar-refractivity contribution in [3.05, 3.63) is 28.1 Å². The van der Waals surface area contributed by atoms with Gasteiger partial charge in [0, 0.05) is 19.2 Å². The molecule has 0 aliphatic rings. The summed E-state index contributed by atoms with van der Waals surface area (Å²) in [5, 5.41) is 28.0. The Labute approximate surface area is 103 Å². The molecule has 1 rings (SSSR count). The van der Waals surface area contributed by atoms with Gasteiger partial charge in [0.05, 0.1) is 36.6 Å². The number of nitrogens with one attached hydrogen (secondary N) is 1. The quantitative estimate of drug-likeness (QED) is 0.325. The van der Waals surface area contributed by atoms with E-state index >= 15 is 0 Å². The van der Waals surface area contributed by atoms with E-state index in [1.807, 2.05) is 0 Å². The molecular formula is C10H15N3O5. The van der Waals surface area contributed by atoms with Gasteiger partial charge in [-0.05, 0) is 0 Å². The van der Waals surface area contributed by atoms with Crippen molar-refractivity contribution in [2.24, 2.45) is 0 Å². The van der Waals surface area contributed by atoms with Crippen LogP contribution in [0.1, 0.15) is 10.5 Å². The second kappa shape index (κ2) is 6.84. The van der Waals surface area contributed by atoms with Crippen LogP contribution in [-0.2, 0) is 0 Å². The zero-order valence-corrected chi connectivity index (χ0v) is 9.70. The third-order valence-electron chi connectivity index (χ3n) is 2.38. The molecule has 1 heterocycles. The molecule has 0 unspecified atom stereocenters. The first-order valence-corrected chi connectivity index (χ1v) is 5.38. The summed E-state index contributed by atoms with van der Waals surface area (Å²) in [4.78, 5) is 25.8. The van der Waals surface area contributed by atoms with Crippen molar-refractivity contribution in [3.8, 4) is 0 Å². The summed E-state index contributed by atoms with van der Waals surface area (Å²) in [6.45, 7) is 0.249. The Morgan fingerprint density at radius 3 is 2.44 bits per heavy atom. The van der Waals surface area contributed by atoms with Crippen molar-refractivity contribution in [3.63, 3.8) is 0 Å². The van der Waals surface area contributed by atoms with E-state index in [1.54, 1.807) is 4.90 Å². The third-order valence-corrected chi connectivity index (χ3v) is 2.38. The number of carbonyl (C=O) groups is 1. The Balaban J connectivity index is 2.64. The Morgan fingerprint density at radius 2 is 2.00 bits per heavy atom. The van der Waals surface area contributed by atoms with Crippen LogP contribution < -0.4 is 0 Å². The van der Waals surface area contributed by atoms with E-state index in [1.165, 1.54) is 6.07 Å². The molecule has 0 aliphatic heterocycles. The first-order chi connectivity index (χ1) is 8.58. The molecule has 1 aromatic heterocycles. The smallest absolute Gasteiger partial charge is 0.287 e. The zero-order chi connectivity index (χ0) is 13.5. The van der Waals surface area contributed by atoms with E-state index in [-0.39, 0.29) is 50.0 Å². The second-order valence-corrected chi connectivity index (χ2v) is 3.68. The van der Waals surface area contributed by atoms with Crippen LogP contribution >= 0.6 is 0 Å². The Kier molecular flexibility index (Phi) is 5.43. The molecule has 0 saturated carbocycles. The van der Waals surface area contributed by atoms with Crippen LogP contribution in [0.2, 0.25) is 0 Å². The van der Waals surface area contributed by atoms with Gasteiger partial charge >= 0.3 is 0 Å². The van der Waals surface area contributed by atoms with Gasteiger partial charge in [0.2, 0.25) is 0 Å². The molecule has 8 heteroatoms. The summed E-state index contributed by atoms with van der Waals surface area (Å²) < 4.78 is 0. The number of carbonyl (C=O) groups excluding carboxylic acids is 1. The highest BCUT2D eigenvalue weighted by molar-refractivity contribution is 5.96. The van der Waals surface area contributed by atoms with Crippen molar-refractivity contribution in [1.82, 2.24) is 9.88 Å². The third kappa shape index (κ3) is 3.91. The fourth-order valence-corrected chi connectivity index (χ4v) is 1.49. The van der Waals surface area contributed by atoms with Crippen LogP contribution in [0.5, 0.6) is 0 Å². The zero-order valence-electron chi connectivity index (χ0n) is 9.70. The van der Waals surface area contributed by atoms with Crippen LogP contribution in [0.3, 0.4) is 0 Å². The highest BCUT2D eigenvalue weighted by Gasteiger charge is 2.16. The minimum atomic E-state index is -0.591. The predicted octanol–water partition coefficient (Wildman–Crippen LogP) is -0.608. The fourth-order valence-electron chi connectivity index (χ4n) is 1.49. The number of nitrogens with zero attached hydrogens (tertiary/aromatic N) is 2. The van der Waals surface area contributed by atoms with Crippen molar-refractivity contribution in [2.75, 3.05) is 32.8 Å². The topological polar surface area (TPSA) is 120 Å². The number of aromatic nitrogens is 1. The number of H-pyrrole nitrogens is 1. The molecule has 0 spiro atoms. The van der Waals surface area contributed by atoms with E-state index in [0.717, 1.165) is 6.20 Å². The van der Waals surface area contributed by atoms with E-state index in [9.17, 15) is 14.9 Å². The van der Waals surface area contributed by atoms with Crippen molar-refractivity contribution < 1.29 is 19.9 Å². The summed E-state index contributed by atoms with van der Waals surface area (Å²) in [6.07, 6.45) is 1.15. The monoisotopic (exact) mass is 257 g/mol. The first kappa shape index (κ1) is 14.3. The molecule has 3 N–H and O–H groups in total. The van der Waals surface area contributed by atoms with Crippen molar-refractivity contribution >= 4 is 11.5 Å².